The van der Waals surface area contributed by atoms with Crippen LogP contribution in [0.5, 0.6) is 0 Å². The first-order chi connectivity index (χ1) is 8.56. The normalized spacial score (nSPS) is 12.1. The number of halogens is 1. The van der Waals surface area contributed by atoms with Crippen LogP contribution in [0.25, 0.3) is 0 Å². The second-order valence-corrected chi connectivity index (χ2v) is 5.54. The fraction of sp³-hybridized carbons (Fsp3) is 0.167. The number of aromatic nitrogens is 1. The van der Waals surface area contributed by atoms with Gasteiger partial charge in [0.25, 0.3) is 0 Å². The van der Waals surface area contributed by atoms with Crippen LogP contribution in [-0.2, 0) is 0 Å². The number of anilines is 1. The molecule has 1 unspecified atom stereocenters. The van der Waals surface area contributed by atoms with Crippen LogP contribution in [0.2, 0.25) is 0 Å². The number of carboxylic acid groups (broad SMARTS) is 1. The van der Waals surface area contributed by atoms with Gasteiger partial charge in [-0.3, -0.25) is 0 Å². The average Bonchev–Trinajstić information content (AvgIpc) is 2.77. The standard InChI is InChI=1S/C12H11BrN2O2S/c1-7(8-3-2-4-9(13)5-8)14-12-15-10(6-18-12)11(16)17/h2-7H,1H3,(H,14,15)(H,16,17). The fourth-order valence-electron chi connectivity index (χ4n) is 1.48. The number of nitrogens with zero attached hydrogens (tertiary/aromatic N) is 1. The van der Waals surface area contributed by atoms with Crippen LogP contribution in [0.15, 0.2) is 34.1 Å². The third-order valence-corrected chi connectivity index (χ3v) is 3.68. The maximum absolute atomic E-state index is 10.7. The number of rotatable bonds is 4. The molecule has 0 aliphatic heterocycles. The van der Waals surface area contributed by atoms with Gasteiger partial charge in [0.1, 0.15) is 0 Å². The first-order valence-electron chi connectivity index (χ1n) is 5.27. The molecule has 1 aromatic carbocycles. The lowest BCUT2D eigenvalue weighted by Gasteiger charge is -2.13. The summed E-state index contributed by atoms with van der Waals surface area (Å²) < 4.78 is 1.01. The van der Waals surface area contributed by atoms with Crippen molar-refractivity contribution in [3.05, 3.63) is 45.4 Å². The molecule has 6 heteroatoms. The summed E-state index contributed by atoms with van der Waals surface area (Å²) in [5, 5.41) is 14.1. The van der Waals surface area contributed by atoms with E-state index in [4.69, 9.17) is 5.11 Å². The fourth-order valence-corrected chi connectivity index (χ4v) is 2.67. The Labute approximate surface area is 117 Å². The van der Waals surface area contributed by atoms with E-state index < -0.39 is 5.97 Å². The second kappa shape index (κ2) is 5.49. The van der Waals surface area contributed by atoms with Crippen LogP contribution in [0.1, 0.15) is 29.0 Å². The smallest absolute Gasteiger partial charge is 0.355 e. The van der Waals surface area contributed by atoms with Gasteiger partial charge in [-0.25, -0.2) is 9.78 Å². The number of hydrogen-bond donors (Lipinski definition) is 2. The van der Waals surface area contributed by atoms with Crippen LogP contribution in [0.3, 0.4) is 0 Å². The number of benzene rings is 1. The summed E-state index contributed by atoms with van der Waals surface area (Å²) in [6.07, 6.45) is 0. The summed E-state index contributed by atoms with van der Waals surface area (Å²) in [5.74, 6) is -1.01. The third kappa shape index (κ3) is 3.08. The summed E-state index contributed by atoms with van der Waals surface area (Å²) >= 11 is 4.71. The van der Waals surface area contributed by atoms with Gasteiger partial charge < -0.3 is 10.4 Å². The summed E-state index contributed by atoms with van der Waals surface area (Å²) in [5.41, 5.74) is 1.18. The maximum Gasteiger partial charge on any atom is 0.355 e. The lowest BCUT2D eigenvalue weighted by atomic mass is 10.1. The average molecular weight is 327 g/mol. The van der Waals surface area contributed by atoms with E-state index in [0.717, 1.165) is 10.0 Å². The number of nitrogens with one attached hydrogen (secondary N) is 1. The molecule has 0 spiro atoms. The Balaban J connectivity index is 2.11. The lowest BCUT2D eigenvalue weighted by molar-refractivity contribution is 0.0691. The van der Waals surface area contributed by atoms with E-state index in [9.17, 15) is 4.79 Å². The Kier molecular flexibility index (Phi) is 3.98. The number of aromatic carboxylic acids is 1. The molecule has 0 radical (unpaired) electrons. The third-order valence-electron chi connectivity index (χ3n) is 2.41. The van der Waals surface area contributed by atoms with E-state index in [2.05, 4.69) is 26.2 Å². The molecule has 18 heavy (non-hydrogen) atoms. The van der Waals surface area contributed by atoms with Crippen LogP contribution >= 0.6 is 27.3 Å². The van der Waals surface area contributed by atoms with Gasteiger partial charge in [0.15, 0.2) is 10.8 Å². The molecule has 1 aromatic heterocycles. The predicted molar refractivity (Wildman–Crippen MR) is 75.3 cm³/mol. The summed E-state index contributed by atoms with van der Waals surface area (Å²) in [4.78, 5) is 14.7. The van der Waals surface area contributed by atoms with Crippen molar-refractivity contribution in [3.8, 4) is 0 Å². The zero-order chi connectivity index (χ0) is 13.1. The van der Waals surface area contributed by atoms with Gasteiger partial charge in [-0.1, -0.05) is 28.1 Å². The van der Waals surface area contributed by atoms with Crippen molar-refractivity contribution >= 4 is 38.4 Å². The number of hydrogen-bond acceptors (Lipinski definition) is 4. The molecule has 0 bridgehead atoms. The molecular weight excluding hydrogens is 316 g/mol. The largest absolute Gasteiger partial charge is 0.476 e. The quantitative estimate of drug-likeness (QED) is 0.897. The van der Waals surface area contributed by atoms with Gasteiger partial charge in [-0.2, -0.15) is 0 Å². The highest BCUT2D eigenvalue weighted by Crippen LogP contribution is 2.24. The summed E-state index contributed by atoms with van der Waals surface area (Å²) in [7, 11) is 0. The summed E-state index contributed by atoms with van der Waals surface area (Å²) in [6, 6.07) is 8.01. The van der Waals surface area contributed by atoms with Crippen molar-refractivity contribution in [2.75, 3.05) is 5.32 Å². The zero-order valence-corrected chi connectivity index (χ0v) is 12.0. The van der Waals surface area contributed by atoms with Crippen molar-refractivity contribution in [1.29, 1.82) is 0 Å². The molecule has 0 fully saturated rings. The molecular formula is C12H11BrN2O2S. The minimum Gasteiger partial charge on any atom is -0.476 e. The van der Waals surface area contributed by atoms with Crippen molar-refractivity contribution in [2.24, 2.45) is 0 Å². The lowest BCUT2D eigenvalue weighted by Crippen LogP contribution is -2.06. The first kappa shape index (κ1) is 13.0. The van der Waals surface area contributed by atoms with Gasteiger partial charge in [0, 0.05) is 9.85 Å². The molecule has 0 amide bonds. The van der Waals surface area contributed by atoms with E-state index in [1.54, 1.807) is 0 Å². The van der Waals surface area contributed by atoms with E-state index >= 15 is 0 Å². The number of carbonyl (C=O) groups is 1. The van der Waals surface area contributed by atoms with Gasteiger partial charge in [0.2, 0.25) is 0 Å². The Morgan fingerprint density at radius 1 is 1.56 bits per heavy atom. The van der Waals surface area contributed by atoms with Crippen LogP contribution in [0.4, 0.5) is 5.13 Å². The molecule has 0 saturated heterocycles. The molecule has 4 nitrogen and oxygen atoms in total. The highest BCUT2D eigenvalue weighted by Gasteiger charge is 2.11. The van der Waals surface area contributed by atoms with Crippen LogP contribution in [-0.4, -0.2) is 16.1 Å². The molecule has 2 aromatic rings. The van der Waals surface area contributed by atoms with Gasteiger partial charge in [-0.15, -0.1) is 11.3 Å². The maximum atomic E-state index is 10.7. The molecule has 94 valence electrons. The Bertz CT molecular complexity index is 571. The van der Waals surface area contributed by atoms with Gasteiger partial charge in [0.05, 0.1) is 6.04 Å². The second-order valence-electron chi connectivity index (χ2n) is 3.76. The van der Waals surface area contributed by atoms with Gasteiger partial charge in [-0.05, 0) is 24.6 Å². The highest BCUT2D eigenvalue weighted by molar-refractivity contribution is 9.10. The SMILES string of the molecule is CC(Nc1nc(C(=O)O)cs1)c1cccc(Br)c1. The van der Waals surface area contributed by atoms with Crippen molar-refractivity contribution in [1.82, 2.24) is 4.98 Å². The Morgan fingerprint density at radius 3 is 2.94 bits per heavy atom. The molecule has 1 atom stereocenters. The topological polar surface area (TPSA) is 62.2 Å². The van der Waals surface area contributed by atoms with E-state index in [1.165, 1.54) is 16.7 Å². The molecule has 1 heterocycles. The van der Waals surface area contributed by atoms with Crippen molar-refractivity contribution in [2.45, 2.75) is 13.0 Å². The first-order valence-corrected chi connectivity index (χ1v) is 6.94. The highest BCUT2D eigenvalue weighted by atomic mass is 79.9. The van der Waals surface area contributed by atoms with E-state index in [1.807, 2.05) is 31.2 Å². The molecule has 2 N–H and O–H groups in total. The molecule has 2 rings (SSSR count). The van der Waals surface area contributed by atoms with Crippen LogP contribution < -0.4 is 5.32 Å². The number of thiazole rings is 1. The number of carboxylic acids is 1. The molecule has 0 saturated carbocycles. The van der Waals surface area contributed by atoms with Crippen molar-refractivity contribution < 1.29 is 9.90 Å². The van der Waals surface area contributed by atoms with E-state index in [-0.39, 0.29) is 11.7 Å². The minimum absolute atomic E-state index is 0.0651. The Hall–Kier alpha value is -1.40. The van der Waals surface area contributed by atoms with Crippen LogP contribution in [0, 0.1) is 0 Å². The zero-order valence-electron chi connectivity index (χ0n) is 9.55. The summed E-state index contributed by atoms with van der Waals surface area (Å²) in [6.45, 7) is 2.00. The molecule has 0 aliphatic carbocycles. The Morgan fingerprint density at radius 2 is 2.33 bits per heavy atom. The van der Waals surface area contributed by atoms with Gasteiger partial charge >= 0.3 is 5.97 Å². The van der Waals surface area contributed by atoms with Crippen molar-refractivity contribution in [3.63, 3.8) is 0 Å². The van der Waals surface area contributed by atoms with E-state index in [0.29, 0.717) is 5.13 Å². The molecule has 0 aliphatic rings. The predicted octanol–water partition coefficient (Wildman–Crippen LogP) is 3.78. The minimum atomic E-state index is -1.01. The monoisotopic (exact) mass is 326 g/mol.